The Morgan fingerprint density at radius 3 is 2.59 bits per heavy atom. The fraction of sp³-hybridized carbons (Fsp3) is 0.857. The van der Waals surface area contributed by atoms with E-state index in [0.717, 1.165) is 25.3 Å². The quantitative estimate of drug-likeness (QED) is 0.750. The van der Waals surface area contributed by atoms with Gasteiger partial charge in [-0.2, -0.15) is 10.5 Å². The lowest BCUT2D eigenvalue weighted by atomic mass is 9.77. The molecule has 0 amide bonds. The first-order valence-electron chi connectivity index (χ1n) is 6.61. The second-order valence-corrected chi connectivity index (χ2v) is 5.36. The molecule has 0 N–H and O–H groups in total. The van der Waals surface area contributed by atoms with Crippen LogP contribution in [0.2, 0.25) is 0 Å². The van der Waals surface area contributed by atoms with Crippen LogP contribution in [0.25, 0.3) is 0 Å². The molecule has 17 heavy (non-hydrogen) atoms. The first-order valence-corrected chi connectivity index (χ1v) is 6.61. The second-order valence-electron chi connectivity index (χ2n) is 5.36. The van der Waals surface area contributed by atoms with Crippen LogP contribution < -0.4 is 0 Å². The van der Waals surface area contributed by atoms with Crippen LogP contribution >= 0.6 is 0 Å². The average Bonchev–Trinajstić information content (AvgIpc) is 2.37. The van der Waals surface area contributed by atoms with Crippen LogP contribution in [0, 0.1) is 40.4 Å². The molecule has 0 heterocycles. The standard InChI is InChI=1S/C14H23N3/c1-4-12-5-6-13(9-16)14(7-12)17(3)10-11(2)8-15/h11-14H,4-7,10H2,1-3H3. The van der Waals surface area contributed by atoms with Crippen molar-refractivity contribution in [2.24, 2.45) is 17.8 Å². The minimum atomic E-state index is 0.0429. The summed E-state index contributed by atoms with van der Waals surface area (Å²) in [6, 6.07) is 5.06. The molecule has 0 aromatic carbocycles. The van der Waals surface area contributed by atoms with Crippen LogP contribution in [0.15, 0.2) is 0 Å². The Kier molecular flexibility index (Phi) is 5.45. The fourth-order valence-corrected chi connectivity index (χ4v) is 2.85. The van der Waals surface area contributed by atoms with Crippen molar-refractivity contribution in [1.29, 1.82) is 10.5 Å². The Bertz CT molecular complexity index is 312. The lowest BCUT2D eigenvalue weighted by Gasteiger charge is -2.38. The van der Waals surface area contributed by atoms with Gasteiger partial charge < -0.3 is 4.90 Å². The van der Waals surface area contributed by atoms with Crippen molar-refractivity contribution >= 4 is 0 Å². The largest absolute Gasteiger partial charge is 0.301 e. The van der Waals surface area contributed by atoms with Gasteiger partial charge in [0.2, 0.25) is 0 Å². The van der Waals surface area contributed by atoms with Gasteiger partial charge in [-0.05, 0) is 39.2 Å². The third kappa shape index (κ3) is 3.72. The van der Waals surface area contributed by atoms with Crippen molar-refractivity contribution in [2.45, 2.75) is 45.6 Å². The monoisotopic (exact) mass is 233 g/mol. The van der Waals surface area contributed by atoms with Crippen molar-refractivity contribution in [3.8, 4) is 12.1 Å². The summed E-state index contributed by atoms with van der Waals surface area (Å²) in [5, 5.41) is 18.1. The Hall–Kier alpha value is -1.06. The fourth-order valence-electron chi connectivity index (χ4n) is 2.85. The lowest BCUT2D eigenvalue weighted by Crippen LogP contribution is -2.43. The molecule has 1 rings (SSSR count). The average molecular weight is 233 g/mol. The summed E-state index contributed by atoms with van der Waals surface area (Å²) in [4.78, 5) is 2.23. The molecule has 0 spiro atoms. The van der Waals surface area contributed by atoms with Crippen molar-refractivity contribution in [3.63, 3.8) is 0 Å². The molecule has 1 aliphatic carbocycles. The highest BCUT2D eigenvalue weighted by Crippen LogP contribution is 2.33. The summed E-state index contributed by atoms with van der Waals surface area (Å²) in [6.45, 7) is 4.94. The summed E-state index contributed by atoms with van der Waals surface area (Å²) in [6.07, 6.45) is 4.53. The smallest absolute Gasteiger partial charge is 0.0672 e. The van der Waals surface area contributed by atoms with Crippen molar-refractivity contribution < 1.29 is 0 Å². The molecular formula is C14H23N3. The Labute approximate surface area is 105 Å². The third-order valence-corrected chi connectivity index (χ3v) is 4.02. The molecule has 3 nitrogen and oxygen atoms in total. The Morgan fingerprint density at radius 2 is 2.06 bits per heavy atom. The second kappa shape index (κ2) is 6.62. The van der Waals surface area contributed by atoms with Crippen LogP contribution in [-0.4, -0.2) is 24.5 Å². The first kappa shape index (κ1) is 14.0. The van der Waals surface area contributed by atoms with Gasteiger partial charge in [0.15, 0.2) is 0 Å². The zero-order valence-electron chi connectivity index (χ0n) is 11.2. The maximum atomic E-state index is 9.22. The highest BCUT2D eigenvalue weighted by atomic mass is 15.1. The summed E-state index contributed by atoms with van der Waals surface area (Å²) in [7, 11) is 2.06. The molecule has 3 heteroatoms. The molecule has 0 saturated heterocycles. The number of hydrogen-bond donors (Lipinski definition) is 0. The summed E-state index contributed by atoms with van der Waals surface area (Å²) >= 11 is 0. The van der Waals surface area contributed by atoms with E-state index in [1.807, 2.05) is 6.92 Å². The van der Waals surface area contributed by atoms with Gasteiger partial charge in [-0.15, -0.1) is 0 Å². The summed E-state index contributed by atoms with van der Waals surface area (Å²) in [5.74, 6) is 0.944. The zero-order chi connectivity index (χ0) is 12.8. The van der Waals surface area contributed by atoms with Gasteiger partial charge in [0.05, 0.1) is 24.0 Å². The van der Waals surface area contributed by atoms with Gasteiger partial charge >= 0.3 is 0 Å². The third-order valence-electron chi connectivity index (χ3n) is 4.02. The highest BCUT2D eigenvalue weighted by Gasteiger charge is 2.32. The maximum absolute atomic E-state index is 9.22. The number of rotatable bonds is 4. The van der Waals surface area contributed by atoms with Crippen LogP contribution in [0.5, 0.6) is 0 Å². The van der Waals surface area contributed by atoms with Crippen LogP contribution in [0.3, 0.4) is 0 Å². The van der Waals surface area contributed by atoms with E-state index >= 15 is 0 Å². The molecule has 1 saturated carbocycles. The maximum Gasteiger partial charge on any atom is 0.0672 e. The van der Waals surface area contributed by atoms with Crippen molar-refractivity contribution in [1.82, 2.24) is 4.90 Å². The number of nitrogens with zero attached hydrogens (tertiary/aromatic N) is 3. The molecule has 4 atom stereocenters. The molecular weight excluding hydrogens is 210 g/mol. The molecule has 0 bridgehead atoms. The zero-order valence-corrected chi connectivity index (χ0v) is 11.2. The number of nitriles is 2. The molecule has 0 aromatic heterocycles. The van der Waals surface area contributed by atoms with Crippen LogP contribution in [0.1, 0.15) is 39.5 Å². The van der Waals surface area contributed by atoms with E-state index in [1.165, 1.54) is 12.8 Å². The Balaban J connectivity index is 2.63. The molecule has 1 fully saturated rings. The highest BCUT2D eigenvalue weighted by molar-refractivity contribution is 4.97. The molecule has 4 unspecified atom stereocenters. The van der Waals surface area contributed by atoms with Gasteiger partial charge in [0.25, 0.3) is 0 Å². The van der Waals surface area contributed by atoms with E-state index in [0.29, 0.717) is 6.04 Å². The SMILES string of the molecule is CCC1CCC(C#N)C(N(C)CC(C)C#N)C1. The van der Waals surface area contributed by atoms with Gasteiger partial charge in [-0.1, -0.05) is 13.3 Å². The minimum Gasteiger partial charge on any atom is -0.301 e. The summed E-state index contributed by atoms with van der Waals surface area (Å²) < 4.78 is 0. The van der Waals surface area contributed by atoms with Crippen LogP contribution in [-0.2, 0) is 0 Å². The summed E-state index contributed by atoms with van der Waals surface area (Å²) in [5.41, 5.74) is 0. The van der Waals surface area contributed by atoms with E-state index < -0.39 is 0 Å². The minimum absolute atomic E-state index is 0.0429. The van der Waals surface area contributed by atoms with E-state index in [1.54, 1.807) is 0 Å². The van der Waals surface area contributed by atoms with Gasteiger partial charge in [-0.25, -0.2) is 0 Å². The number of hydrogen-bond acceptors (Lipinski definition) is 3. The predicted octanol–water partition coefficient (Wildman–Crippen LogP) is 2.80. The first-order chi connectivity index (χ1) is 8.12. The molecule has 0 aromatic rings. The van der Waals surface area contributed by atoms with E-state index in [4.69, 9.17) is 5.26 Å². The van der Waals surface area contributed by atoms with Crippen molar-refractivity contribution in [3.05, 3.63) is 0 Å². The van der Waals surface area contributed by atoms with E-state index in [-0.39, 0.29) is 11.8 Å². The van der Waals surface area contributed by atoms with Gasteiger partial charge in [0.1, 0.15) is 0 Å². The normalized spacial score (nSPS) is 30.6. The van der Waals surface area contributed by atoms with E-state index in [9.17, 15) is 5.26 Å². The van der Waals surface area contributed by atoms with Crippen LogP contribution in [0.4, 0.5) is 0 Å². The van der Waals surface area contributed by atoms with E-state index in [2.05, 4.69) is 31.0 Å². The predicted molar refractivity (Wildman–Crippen MR) is 67.9 cm³/mol. The molecule has 94 valence electrons. The Morgan fingerprint density at radius 1 is 1.35 bits per heavy atom. The topological polar surface area (TPSA) is 50.8 Å². The van der Waals surface area contributed by atoms with Gasteiger partial charge in [-0.3, -0.25) is 0 Å². The van der Waals surface area contributed by atoms with Gasteiger partial charge in [0, 0.05) is 12.6 Å². The van der Waals surface area contributed by atoms with Crippen molar-refractivity contribution in [2.75, 3.05) is 13.6 Å². The lowest BCUT2D eigenvalue weighted by molar-refractivity contribution is 0.117. The molecule has 1 aliphatic rings. The molecule has 0 radical (unpaired) electrons. The molecule has 0 aliphatic heterocycles.